The lowest BCUT2D eigenvalue weighted by molar-refractivity contribution is -0.127. The zero-order chi connectivity index (χ0) is 28.8. The number of cyclic esters (lactones) is 1. The molecule has 0 bridgehead atoms. The maximum absolute atomic E-state index is 13.8. The van der Waals surface area contributed by atoms with Gasteiger partial charge in [0, 0.05) is 36.6 Å². The summed E-state index contributed by atoms with van der Waals surface area (Å²) in [5, 5.41) is 0. The van der Waals surface area contributed by atoms with Crippen LogP contribution in [-0.4, -0.2) is 17.7 Å². The third-order valence-electron chi connectivity index (χ3n) is 7.83. The van der Waals surface area contributed by atoms with Crippen molar-refractivity contribution >= 4 is 17.6 Å². The number of rotatable bonds is 7. The Hall–Kier alpha value is -4.04. The average Bonchev–Trinajstić information content (AvgIpc) is 2.98. The third kappa shape index (κ3) is 7.19. The van der Waals surface area contributed by atoms with Gasteiger partial charge in [-0.25, -0.2) is 4.79 Å². The van der Waals surface area contributed by atoms with Crippen LogP contribution >= 0.6 is 0 Å². The number of ether oxygens (including phenoxy) is 2. The highest BCUT2D eigenvalue weighted by molar-refractivity contribution is 5.99. The Bertz CT molecular complexity index is 1440. The molecule has 2 aliphatic rings. The van der Waals surface area contributed by atoms with E-state index in [4.69, 9.17) is 9.47 Å². The molecule has 1 aliphatic heterocycles. The normalized spacial score (nSPS) is 16.0. The summed E-state index contributed by atoms with van der Waals surface area (Å²) in [5.74, 6) is 5.61. The smallest absolute Gasteiger partial charge is 0.345 e. The van der Waals surface area contributed by atoms with Crippen molar-refractivity contribution in [2.24, 2.45) is 5.92 Å². The fourth-order valence-electron chi connectivity index (χ4n) is 5.52. The highest BCUT2D eigenvalue weighted by Gasteiger charge is 2.35. The van der Waals surface area contributed by atoms with Crippen molar-refractivity contribution in [3.63, 3.8) is 0 Å². The second kappa shape index (κ2) is 12.6. The van der Waals surface area contributed by atoms with Crippen molar-refractivity contribution in [1.29, 1.82) is 0 Å². The number of aryl methyl sites for hydroxylation is 1. The van der Waals surface area contributed by atoms with Gasteiger partial charge >= 0.3 is 5.97 Å². The molecule has 41 heavy (non-hydrogen) atoms. The number of anilines is 1. The Balaban J connectivity index is 1.35. The second-order valence-corrected chi connectivity index (χ2v) is 11.6. The van der Waals surface area contributed by atoms with Crippen LogP contribution in [0.1, 0.15) is 98.3 Å². The molecule has 0 unspecified atom stereocenters. The number of benzene rings is 3. The summed E-state index contributed by atoms with van der Waals surface area (Å²) in [6.07, 6.45) is 8.60. The van der Waals surface area contributed by atoms with E-state index in [0.29, 0.717) is 23.5 Å². The first-order valence-corrected chi connectivity index (χ1v) is 14.9. The number of amides is 1. The SMILES string of the molecule is CCCCc1ccc(C#Cc2ccc(CN(C(=O)C3CCCCC3)c3ccc4c(c3)C(=O)OC(C)(C)O4)cc2)cc1. The van der Waals surface area contributed by atoms with Crippen LogP contribution < -0.4 is 9.64 Å². The Morgan fingerprint density at radius 1 is 0.878 bits per heavy atom. The van der Waals surface area contributed by atoms with E-state index in [0.717, 1.165) is 48.8 Å². The third-order valence-corrected chi connectivity index (χ3v) is 7.83. The van der Waals surface area contributed by atoms with Gasteiger partial charge in [0.15, 0.2) is 0 Å². The van der Waals surface area contributed by atoms with Gasteiger partial charge in [-0.3, -0.25) is 4.79 Å². The van der Waals surface area contributed by atoms with Gasteiger partial charge in [0.05, 0.1) is 6.54 Å². The molecule has 212 valence electrons. The molecule has 5 rings (SSSR count). The molecule has 0 radical (unpaired) electrons. The predicted octanol–water partition coefficient (Wildman–Crippen LogP) is 7.83. The molecule has 1 amide bonds. The molecular weight excluding hydrogens is 510 g/mol. The van der Waals surface area contributed by atoms with Gasteiger partial charge in [-0.1, -0.05) is 68.7 Å². The molecule has 1 fully saturated rings. The number of hydrogen-bond donors (Lipinski definition) is 0. The van der Waals surface area contributed by atoms with Crippen LogP contribution in [-0.2, 0) is 22.5 Å². The van der Waals surface area contributed by atoms with Crippen molar-refractivity contribution in [2.45, 2.75) is 84.5 Å². The molecular formula is C36H39NO4. The summed E-state index contributed by atoms with van der Waals surface area (Å²) >= 11 is 0. The lowest BCUT2D eigenvalue weighted by Crippen LogP contribution is -2.39. The summed E-state index contributed by atoms with van der Waals surface area (Å²) in [6.45, 7) is 6.03. The molecule has 0 aromatic heterocycles. The van der Waals surface area contributed by atoms with E-state index in [1.165, 1.54) is 24.8 Å². The number of carbonyl (C=O) groups excluding carboxylic acids is 2. The van der Waals surface area contributed by atoms with E-state index in [1.54, 1.807) is 26.0 Å². The standard InChI is InChI=1S/C36H39NO4/c1-4-5-9-26-12-14-27(15-13-26)16-17-28-18-20-29(21-19-28)25-37(34(38)30-10-7-6-8-11-30)31-22-23-33-32(24-31)35(39)41-36(2,3)40-33/h12-15,18-24,30H,4-11,25H2,1-3H3. The number of fused-ring (bicyclic) bond motifs is 1. The zero-order valence-electron chi connectivity index (χ0n) is 24.4. The van der Waals surface area contributed by atoms with E-state index in [-0.39, 0.29) is 11.8 Å². The van der Waals surface area contributed by atoms with Gasteiger partial charge in [-0.15, -0.1) is 0 Å². The zero-order valence-corrected chi connectivity index (χ0v) is 24.4. The molecule has 0 spiro atoms. The highest BCUT2D eigenvalue weighted by atomic mass is 16.7. The molecule has 0 atom stereocenters. The first-order valence-electron chi connectivity index (χ1n) is 14.9. The molecule has 1 heterocycles. The highest BCUT2D eigenvalue weighted by Crippen LogP contribution is 2.36. The van der Waals surface area contributed by atoms with Crippen molar-refractivity contribution in [2.75, 3.05) is 4.90 Å². The van der Waals surface area contributed by atoms with E-state index < -0.39 is 11.8 Å². The van der Waals surface area contributed by atoms with Gasteiger partial charge in [0.2, 0.25) is 11.7 Å². The van der Waals surface area contributed by atoms with Crippen LogP contribution in [0.25, 0.3) is 0 Å². The van der Waals surface area contributed by atoms with E-state index >= 15 is 0 Å². The predicted molar refractivity (Wildman–Crippen MR) is 162 cm³/mol. The molecule has 1 aliphatic carbocycles. The maximum atomic E-state index is 13.8. The first kappa shape index (κ1) is 28.5. The van der Waals surface area contributed by atoms with Gasteiger partial charge in [-0.05, 0) is 79.3 Å². The fraction of sp³-hybridized carbons (Fsp3) is 0.389. The van der Waals surface area contributed by atoms with Crippen LogP contribution in [0.2, 0.25) is 0 Å². The summed E-state index contributed by atoms with van der Waals surface area (Å²) in [7, 11) is 0. The minimum atomic E-state index is -1.02. The van der Waals surface area contributed by atoms with Crippen molar-refractivity contribution in [3.05, 3.63) is 94.5 Å². The number of carbonyl (C=O) groups is 2. The van der Waals surface area contributed by atoms with E-state index in [9.17, 15) is 9.59 Å². The van der Waals surface area contributed by atoms with Crippen molar-refractivity contribution in [1.82, 2.24) is 0 Å². The van der Waals surface area contributed by atoms with Crippen molar-refractivity contribution in [3.8, 4) is 17.6 Å². The summed E-state index contributed by atoms with van der Waals surface area (Å²) in [6, 6.07) is 21.9. The molecule has 0 N–H and O–H groups in total. The largest absolute Gasteiger partial charge is 0.452 e. The first-order chi connectivity index (χ1) is 19.8. The van der Waals surface area contributed by atoms with Crippen LogP contribution in [0.3, 0.4) is 0 Å². The molecule has 0 saturated heterocycles. The second-order valence-electron chi connectivity index (χ2n) is 11.6. The Kier molecular flexibility index (Phi) is 8.78. The van der Waals surface area contributed by atoms with E-state index in [1.807, 2.05) is 35.2 Å². The number of hydrogen-bond acceptors (Lipinski definition) is 4. The van der Waals surface area contributed by atoms with Gasteiger partial charge < -0.3 is 14.4 Å². The number of esters is 1. The fourth-order valence-corrected chi connectivity index (χ4v) is 5.52. The number of unbranched alkanes of at least 4 members (excludes halogenated alkanes) is 1. The Morgan fingerprint density at radius 2 is 1.51 bits per heavy atom. The monoisotopic (exact) mass is 549 g/mol. The van der Waals surface area contributed by atoms with Crippen LogP contribution in [0.4, 0.5) is 5.69 Å². The van der Waals surface area contributed by atoms with Gasteiger partial charge in [0.25, 0.3) is 0 Å². The molecule has 5 nitrogen and oxygen atoms in total. The molecule has 3 aromatic carbocycles. The molecule has 3 aromatic rings. The van der Waals surface area contributed by atoms with Crippen LogP contribution in [0.5, 0.6) is 5.75 Å². The molecule has 1 saturated carbocycles. The molecule has 5 heteroatoms. The topological polar surface area (TPSA) is 55.8 Å². The quantitative estimate of drug-likeness (QED) is 0.223. The average molecular weight is 550 g/mol. The van der Waals surface area contributed by atoms with Crippen LogP contribution in [0, 0.1) is 17.8 Å². The lowest BCUT2D eigenvalue weighted by atomic mass is 9.88. The summed E-state index contributed by atoms with van der Waals surface area (Å²) in [5.41, 5.74) is 5.28. The van der Waals surface area contributed by atoms with Crippen molar-refractivity contribution < 1.29 is 19.1 Å². The summed E-state index contributed by atoms with van der Waals surface area (Å²) in [4.78, 5) is 28.4. The van der Waals surface area contributed by atoms with E-state index in [2.05, 4.69) is 43.0 Å². The minimum absolute atomic E-state index is 0.0135. The summed E-state index contributed by atoms with van der Waals surface area (Å²) < 4.78 is 11.3. The Labute approximate surface area is 243 Å². The van der Waals surface area contributed by atoms with Crippen LogP contribution in [0.15, 0.2) is 66.7 Å². The Morgan fingerprint density at radius 3 is 2.15 bits per heavy atom. The number of nitrogens with zero attached hydrogens (tertiary/aromatic N) is 1. The lowest BCUT2D eigenvalue weighted by Gasteiger charge is -2.33. The minimum Gasteiger partial charge on any atom is -0.452 e. The maximum Gasteiger partial charge on any atom is 0.345 e. The van der Waals surface area contributed by atoms with Gasteiger partial charge in [0.1, 0.15) is 11.3 Å². The van der Waals surface area contributed by atoms with Gasteiger partial charge in [-0.2, -0.15) is 0 Å².